The highest BCUT2D eigenvalue weighted by Gasteiger charge is 2.38. The summed E-state index contributed by atoms with van der Waals surface area (Å²) in [5, 5.41) is 13.0. The Balaban J connectivity index is 1.51. The minimum absolute atomic E-state index is 0.0563. The summed E-state index contributed by atoms with van der Waals surface area (Å²) in [7, 11) is 0. The van der Waals surface area contributed by atoms with E-state index in [-0.39, 0.29) is 11.3 Å². The molecule has 2 heterocycles. The number of hydrogen-bond acceptors (Lipinski definition) is 4. The molecule has 7 rings (SSSR count). The summed E-state index contributed by atoms with van der Waals surface area (Å²) in [5.41, 5.74) is 4.17. The smallest absolute Gasteiger partial charge is 0.256 e. The summed E-state index contributed by atoms with van der Waals surface area (Å²) >= 11 is 0. The molecule has 0 saturated heterocycles. The van der Waals surface area contributed by atoms with Gasteiger partial charge in [-0.1, -0.05) is 54.6 Å². The number of aliphatic imine (C=N–C) groups is 1. The standard InChI is InChI=1S/C34H19F3N4/c1-19-14-25-26-17-30(34(35,36)37)29(32-23-9-5-3-7-21(23)11-13-40-32)16-28(26)33(41-18-38)27(25)15-24(19)31-22-8-4-2-6-20(22)10-12-39-31/h2-17H,1H3. The maximum atomic E-state index is 14.6. The van der Waals surface area contributed by atoms with Crippen molar-refractivity contribution in [2.45, 2.75) is 13.1 Å². The number of fused-ring (bicyclic) bond motifs is 5. The van der Waals surface area contributed by atoms with Gasteiger partial charge in [-0.05, 0) is 64.7 Å². The lowest BCUT2D eigenvalue weighted by atomic mass is 9.92. The Labute approximate surface area is 233 Å². The molecule has 0 bridgehead atoms. The molecule has 0 radical (unpaired) electrons. The number of pyridine rings is 2. The van der Waals surface area contributed by atoms with Crippen LogP contribution in [-0.2, 0) is 6.18 Å². The molecule has 0 amide bonds. The number of aryl methyl sites for hydroxylation is 1. The van der Waals surface area contributed by atoms with Crippen molar-refractivity contribution in [1.29, 1.82) is 5.26 Å². The molecule has 0 saturated carbocycles. The van der Waals surface area contributed by atoms with Crippen LogP contribution in [0.2, 0.25) is 0 Å². The predicted octanol–water partition coefficient (Wildman–Crippen LogP) is 8.74. The van der Waals surface area contributed by atoms with Gasteiger partial charge in [0.05, 0.1) is 22.7 Å². The Hall–Kier alpha value is -5.35. The zero-order valence-corrected chi connectivity index (χ0v) is 21.7. The van der Waals surface area contributed by atoms with Crippen molar-refractivity contribution < 1.29 is 13.2 Å². The van der Waals surface area contributed by atoms with Gasteiger partial charge in [-0.25, -0.2) is 0 Å². The Morgan fingerprint density at radius 2 is 1.20 bits per heavy atom. The van der Waals surface area contributed by atoms with Crippen LogP contribution in [0.3, 0.4) is 0 Å². The van der Waals surface area contributed by atoms with Gasteiger partial charge in [0.1, 0.15) is 0 Å². The van der Waals surface area contributed by atoms with E-state index in [2.05, 4.69) is 15.0 Å². The van der Waals surface area contributed by atoms with Crippen molar-refractivity contribution in [3.63, 3.8) is 0 Å². The second kappa shape index (κ2) is 9.10. The molecule has 7 heteroatoms. The van der Waals surface area contributed by atoms with Crippen LogP contribution in [0.15, 0.2) is 102 Å². The number of rotatable bonds is 2. The first kappa shape index (κ1) is 24.7. The first-order valence-electron chi connectivity index (χ1n) is 12.9. The third-order valence-electron chi connectivity index (χ3n) is 7.65. The van der Waals surface area contributed by atoms with Gasteiger partial charge in [0.25, 0.3) is 0 Å². The van der Waals surface area contributed by atoms with E-state index in [1.807, 2.05) is 67.7 Å². The fraction of sp³-hybridized carbons (Fsp3) is 0.0588. The molecule has 1 aliphatic rings. The van der Waals surface area contributed by atoms with E-state index in [0.717, 1.165) is 33.0 Å². The summed E-state index contributed by atoms with van der Waals surface area (Å²) in [6.07, 6.45) is 0.474. The maximum Gasteiger partial charge on any atom is 0.417 e. The van der Waals surface area contributed by atoms with Gasteiger partial charge in [-0.15, -0.1) is 0 Å². The highest BCUT2D eigenvalue weighted by molar-refractivity contribution is 6.26. The predicted molar refractivity (Wildman–Crippen MR) is 154 cm³/mol. The number of aromatic nitrogens is 2. The first-order valence-corrected chi connectivity index (χ1v) is 12.9. The topological polar surface area (TPSA) is 61.9 Å². The van der Waals surface area contributed by atoms with E-state index in [0.29, 0.717) is 33.4 Å². The van der Waals surface area contributed by atoms with Crippen LogP contribution in [0.4, 0.5) is 13.2 Å². The summed E-state index contributed by atoms with van der Waals surface area (Å²) in [6, 6.07) is 25.2. The van der Waals surface area contributed by atoms with Crippen LogP contribution in [0.25, 0.3) is 55.2 Å². The molecule has 6 aromatic rings. The van der Waals surface area contributed by atoms with Gasteiger partial charge >= 0.3 is 6.18 Å². The zero-order valence-electron chi connectivity index (χ0n) is 21.7. The van der Waals surface area contributed by atoms with E-state index in [9.17, 15) is 18.4 Å². The molecular weight excluding hydrogens is 521 g/mol. The van der Waals surface area contributed by atoms with Gasteiger partial charge in [0, 0.05) is 45.4 Å². The fourth-order valence-electron chi connectivity index (χ4n) is 5.81. The number of halogens is 3. The van der Waals surface area contributed by atoms with Gasteiger partial charge in [0.2, 0.25) is 6.19 Å². The molecule has 0 unspecified atom stereocenters. The molecule has 4 aromatic carbocycles. The molecule has 0 aliphatic heterocycles. The Kier molecular flexibility index (Phi) is 5.48. The Morgan fingerprint density at radius 3 is 1.78 bits per heavy atom. The summed E-state index contributed by atoms with van der Waals surface area (Å²) < 4.78 is 43.9. The molecule has 0 N–H and O–H groups in total. The highest BCUT2D eigenvalue weighted by Crippen LogP contribution is 2.47. The molecule has 1 aliphatic carbocycles. The highest BCUT2D eigenvalue weighted by atomic mass is 19.4. The minimum Gasteiger partial charge on any atom is -0.256 e. The van der Waals surface area contributed by atoms with Gasteiger partial charge in [0.15, 0.2) is 0 Å². The van der Waals surface area contributed by atoms with E-state index in [1.54, 1.807) is 24.4 Å². The molecule has 0 spiro atoms. The quantitative estimate of drug-likeness (QED) is 0.206. The zero-order chi connectivity index (χ0) is 28.3. The molecule has 0 atom stereocenters. The summed E-state index contributed by atoms with van der Waals surface area (Å²) in [4.78, 5) is 13.2. The lowest BCUT2D eigenvalue weighted by Crippen LogP contribution is -2.09. The number of benzene rings is 4. The van der Waals surface area contributed by atoms with E-state index >= 15 is 0 Å². The first-order chi connectivity index (χ1) is 19.8. The molecule has 4 nitrogen and oxygen atoms in total. The Morgan fingerprint density at radius 1 is 0.659 bits per heavy atom. The molecular formula is C34H19F3N4. The van der Waals surface area contributed by atoms with Crippen LogP contribution in [0, 0.1) is 18.4 Å². The van der Waals surface area contributed by atoms with E-state index < -0.39 is 11.7 Å². The van der Waals surface area contributed by atoms with Crippen LogP contribution in [0.5, 0.6) is 0 Å². The summed E-state index contributed by atoms with van der Waals surface area (Å²) in [6.45, 7) is 1.91. The van der Waals surface area contributed by atoms with Crippen LogP contribution < -0.4 is 0 Å². The second-order valence-electron chi connectivity index (χ2n) is 9.98. The van der Waals surface area contributed by atoms with Gasteiger partial charge < -0.3 is 0 Å². The molecule has 196 valence electrons. The van der Waals surface area contributed by atoms with Crippen molar-refractivity contribution in [3.8, 4) is 39.8 Å². The number of nitriles is 1. The lowest BCUT2D eigenvalue weighted by Gasteiger charge is -2.16. The van der Waals surface area contributed by atoms with Crippen molar-refractivity contribution >= 4 is 27.3 Å². The van der Waals surface area contributed by atoms with E-state index in [4.69, 9.17) is 0 Å². The van der Waals surface area contributed by atoms with E-state index in [1.165, 1.54) is 18.3 Å². The van der Waals surface area contributed by atoms with Gasteiger partial charge in [-0.3, -0.25) is 9.97 Å². The number of hydrogen-bond donors (Lipinski definition) is 0. The molecule has 41 heavy (non-hydrogen) atoms. The fourth-order valence-corrected chi connectivity index (χ4v) is 5.81. The molecule has 0 fully saturated rings. The van der Waals surface area contributed by atoms with Crippen molar-refractivity contribution in [2.24, 2.45) is 4.99 Å². The minimum atomic E-state index is -4.64. The van der Waals surface area contributed by atoms with Crippen molar-refractivity contribution in [3.05, 3.63) is 120 Å². The van der Waals surface area contributed by atoms with Gasteiger partial charge in [-0.2, -0.15) is 23.4 Å². The maximum absolute atomic E-state index is 14.6. The number of nitrogens with zero attached hydrogens (tertiary/aromatic N) is 4. The number of alkyl halides is 3. The van der Waals surface area contributed by atoms with Crippen molar-refractivity contribution in [1.82, 2.24) is 9.97 Å². The average Bonchev–Trinajstić information content (AvgIpc) is 3.26. The van der Waals surface area contributed by atoms with Crippen LogP contribution >= 0.6 is 0 Å². The third-order valence-corrected chi connectivity index (χ3v) is 7.65. The normalized spacial score (nSPS) is 13.4. The second-order valence-corrected chi connectivity index (χ2v) is 9.98. The summed E-state index contributed by atoms with van der Waals surface area (Å²) in [5.74, 6) is 0. The lowest BCUT2D eigenvalue weighted by molar-refractivity contribution is -0.137. The molecule has 2 aromatic heterocycles. The third kappa shape index (κ3) is 3.87. The van der Waals surface area contributed by atoms with Crippen LogP contribution in [-0.4, -0.2) is 15.7 Å². The monoisotopic (exact) mass is 540 g/mol. The Bertz CT molecular complexity index is 2110. The van der Waals surface area contributed by atoms with Crippen molar-refractivity contribution in [2.75, 3.05) is 0 Å². The largest absolute Gasteiger partial charge is 0.417 e. The average molecular weight is 541 g/mol. The van der Waals surface area contributed by atoms with Crippen LogP contribution in [0.1, 0.15) is 22.3 Å². The SMILES string of the molecule is Cc1cc2c(cc1-c1nccc3ccccc13)C(=NC#N)c1cc(-c3nccc4ccccc34)c(C(F)(F)F)cc1-2.